The fourth-order valence-corrected chi connectivity index (χ4v) is 10.6. The zero-order valence-corrected chi connectivity index (χ0v) is 25.2. The molecule has 4 saturated carbocycles. The normalized spacial score (nSPS) is 48.1. The van der Waals surface area contributed by atoms with E-state index in [0.717, 1.165) is 50.2 Å². The Morgan fingerprint density at radius 1 is 0.892 bits per heavy atom. The van der Waals surface area contributed by atoms with Gasteiger partial charge in [0, 0.05) is 13.8 Å². The highest BCUT2D eigenvalue weighted by molar-refractivity contribution is 5.16. The Morgan fingerprint density at radius 2 is 1.57 bits per heavy atom. The van der Waals surface area contributed by atoms with Gasteiger partial charge in [-0.1, -0.05) is 60.1 Å². The van der Waals surface area contributed by atoms with Crippen LogP contribution in [0.4, 0.5) is 0 Å². The molecule has 214 valence electrons. The highest BCUT2D eigenvalue weighted by Gasteiger charge is 2.70. The van der Waals surface area contributed by atoms with Gasteiger partial charge in [0.1, 0.15) is 0 Å². The summed E-state index contributed by atoms with van der Waals surface area (Å²) in [6, 6.07) is 0. The van der Waals surface area contributed by atoms with E-state index < -0.39 is 11.6 Å². The highest BCUT2D eigenvalue weighted by atomic mass is 16.8. The maximum absolute atomic E-state index is 6.66. The summed E-state index contributed by atoms with van der Waals surface area (Å²) in [4.78, 5) is 0. The van der Waals surface area contributed by atoms with Crippen LogP contribution in [0.25, 0.3) is 0 Å². The molecule has 37 heavy (non-hydrogen) atoms. The first-order valence-corrected chi connectivity index (χ1v) is 15.9. The van der Waals surface area contributed by atoms with Crippen LogP contribution in [-0.4, -0.2) is 37.0 Å². The topological polar surface area (TPSA) is 36.9 Å². The van der Waals surface area contributed by atoms with Gasteiger partial charge < -0.3 is 18.9 Å². The molecule has 4 heteroatoms. The molecular formula is C33H58O4. The van der Waals surface area contributed by atoms with Crippen molar-refractivity contribution in [2.24, 2.45) is 46.3 Å². The average Bonchev–Trinajstić information content (AvgIpc) is 3.53. The number of ether oxygens (including phenoxy) is 4. The Kier molecular flexibility index (Phi) is 7.75. The van der Waals surface area contributed by atoms with E-state index in [0.29, 0.717) is 23.2 Å². The smallest absolute Gasteiger partial charge is 0.172 e. The molecule has 0 aromatic rings. The first kappa shape index (κ1) is 28.1. The van der Waals surface area contributed by atoms with Gasteiger partial charge in [-0.05, 0) is 99.2 Å². The predicted octanol–water partition coefficient (Wildman–Crippen LogP) is 8.39. The van der Waals surface area contributed by atoms with Gasteiger partial charge in [-0.25, -0.2) is 0 Å². The van der Waals surface area contributed by atoms with E-state index in [-0.39, 0.29) is 19.0 Å². The third-order valence-corrected chi connectivity index (χ3v) is 11.9. The molecular weight excluding hydrogens is 460 g/mol. The zero-order chi connectivity index (χ0) is 26.6. The van der Waals surface area contributed by atoms with Crippen molar-refractivity contribution in [3.8, 4) is 0 Å². The number of hydrogen-bond acceptors (Lipinski definition) is 4. The van der Waals surface area contributed by atoms with Crippen molar-refractivity contribution in [1.82, 2.24) is 0 Å². The fraction of sp³-hybridized carbons (Fsp3) is 0.939. The first-order chi connectivity index (χ1) is 17.6. The third-order valence-electron chi connectivity index (χ3n) is 11.9. The molecule has 0 radical (unpaired) electrons. The van der Waals surface area contributed by atoms with E-state index in [2.05, 4.69) is 53.7 Å². The molecule has 6 fully saturated rings. The molecule has 0 aromatic heterocycles. The lowest BCUT2D eigenvalue weighted by Gasteiger charge is -2.65. The molecule has 0 bridgehead atoms. The molecule has 6 unspecified atom stereocenters. The summed E-state index contributed by atoms with van der Waals surface area (Å²) < 4.78 is 26.2. The van der Waals surface area contributed by atoms with Crippen LogP contribution in [0, 0.1) is 46.3 Å². The van der Waals surface area contributed by atoms with Crippen LogP contribution in [0.15, 0.2) is 12.2 Å². The summed E-state index contributed by atoms with van der Waals surface area (Å²) in [6.45, 7) is 19.6. The van der Waals surface area contributed by atoms with Crippen molar-refractivity contribution < 1.29 is 20.4 Å². The largest absolute Gasteiger partial charge is 0.347 e. The minimum Gasteiger partial charge on any atom is -0.347 e. The second-order valence-corrected chi connectivity index (χ2v) is 14.1. The standard InChI is InChI=1S/C31H50O4.C2H6.H2/c1-7-8-9-10-20(2)22-11-12-23-21-18-31(32-15-16-33-31)27-17-25-26(35-28(3,4)34-25)19-30(27,6)24(21)13-14-29(22,23)5;1-2;/h9-10,20-27H,7-8,11-19H2,1-6H3;1-2H3;1H/b10-9+;;/t20?,21?,22-,23?,24?,25+,26?,27?,29-,30-;;/m1../s1. The Morgan fingerprint density at radius 3 is 2.27 bits per heavy atom. The minimum absolute atomic E-state index is 0. The van der Waals surface area contributed by atoms with Gasteiger partial charge in [0.05, 0.1) is 25.4 Å². The van der Waals surface area contributed by atoms with E-state index in [1.54, 1.807) is 0 Å². The van der Waals surface area contributed by atoms with Crippen LogP contribution in [0.1, 0.15) is 115 Å². The number of fused-ring (bicyclic) bond motifs is 7. The van der Waals surface area contributed by atoms with Crippen LogP contribution in [-0.2, 0) is 18.9 Å². The van der Waals surface area contributed by atoms with Crippen molar-refractivity contribution in [3.63, 3.8) is 0 Å². The molecule has 10 atom stereocenters. The summed E-state index contributed by atoms with van der Waals surface area (Å²) >= 11 is 0. The first-order valence-electron chi connectivity index (χ1n) is 15.9. The molecule has 0 aromatic carbocycles. The molecule has 0 N–H and O–H groups in total. The predicted molar refractivity (Wildman–Crippen MR) is 151 cm³/mol. The Bertz CT molecular complexity index is 837. The maximum atomic E-state index is 6.66. The second-order valence-electron chi connectivity index (χ2n) is 14.1. The summed E-state index contributed by atoms with van der Waals surface area (Å²) in [7, 11) is 0. The minimum atomic E-state index is -0.478. The highest BCUT2D eigenvalue weighted by Crippen LogP contribution is 2.71. The number of allylic oxidation sites excluding steroid dienone is 2. The third kappa shape index (κ3) is 4.49. The lowest BCUT2D eigenvalue weighted by atomic mass is 9.42. The van der Waals surface area contributed by atoms with Crippen molar-refractivity contribution in [1.29, 1.82) is 0 Å². The van der Waals surface area contributed by atoms with Crippen molar-refractivity contribution >= 4 is 0 Å². The Balaban J connectivity index is 0.00000110. The SMILES string of the molecule is CC.CCC/C=C/C(C)[C@H]1CCC2C3CC4(OCCO4)C4C[C@@H]5OC(C)(C)OC5C[C@]4(C)C3CC[C@@]21C.[HH]. The van der Waals surface area contributed by atoms with Gasteiger partial charge in [-0.3, -0.25) is 0 Å². The molecule has 6 aliphatic rings. The fourth-order valence-electron chi connectivity index (χ4n) is 10.6. The van der Waals surface area contributed by atoms with Crippen LogP contribution in [0.3, 0.4) is 0 Å². The molecule has 2 aliphatic heterocycles. The van der Waals surface area contributed by atoms with E-state index >= 15 is 0 Å². The van der Waals surface area contributed by atoms with Crippen molar-refractivity contribution in [2.75, 3.05) is 13.2 Å². The summed E-state index contributed by atoms with van der Waals surface area (Å²) in [5.74, 6) is 3.19. The molecule has 0 amide bonds. The van der Waals surface area contributed by atoms with Gasteiger partial charge in [-0.2, -0.15) is 0 Å². The van der Waals surface area contributed by atoms with E-state index in [9.17, 15) is 0 Å². The van der Waals surface area contributed by atoms with E-state index in [1.807, 2.05) is 13.8 Å². The van der Waals surface area contributed by atoms with Gasteiger partial charge in [0.15, 0.2) is 11.6 Å². The number of rotatable bonds is 4. The summed E-state index contributed by atoms with van der Waals surface area (Å²) in [5.41, 5.74) is 0.622. The van der Waals surface area contributed by atoms with Gasteiger partial charge in [-0.15, -0.1) is 0 Å². The van der Waals surface area contributed by atoms with E-state index in [1.165, 1.54) is 38.5 Å². The van der Waals surface area contributed by atoms with Gasteiger partial charge in [0.25, 0.3) is 0 Å². The van der Waals surface area contributed by atoms with Crippen LogP contribution >= 0.6 is 0 Å². The molecule has 6 rings (SSSR count). The van der Waals surface area contributed by atoms with Crippen molar-refractivity contribution in [2.45, 2.75) is 137 Å². The van der Waals surface area contributed by atoms with Crippen LogP contribution in [0.2, 0.25) is 0 Å². The van der Waals surface area contributed by atoms with Gasteiger partial charge >= 0.3 is 0 Å². The Labute approximate surface area is 229 Å². The summed E-state index contributed by atoms with van der Waals surface area (Å²) in [6.07, 6.45) is 16.5. The van der Waals surface area contributed by atoms with Gasteiger partial charge in [0.2, 0.25) is 0 Å². The molecule has 2 saturated heterocycles. The lowest BCUT2D eigenvalue weighted by molar-refractivity contribution is -0.300. The summed E-state index contributed by atoms with van der Waals surface area (Å²) in [5, 5.41) is 0. The maximum Gasteiger partial charge on any atom is 0.172 e. The lowest BCUT2D eigenvalue weighted by Crippen LogP contribution is -2.65. The quantitative estimate of drug-likeness (QED) is 0.350. The second kappa shape index (κ2) is 10.2. The van der Waals surface area contributed by atoms with Crippen LogP contribution in [0.5, 0.6) is 0 Å². The zero-order valence-electron chi connectivity index (χ0n) is 25.2. The number of hydrogen-bond donors (Lipinski definition) is 0. The van der Waals surface area contributed by atoms with Crippen molar-refractivity contribution in [3.05, 3.63) is 12.2 Å². The molecule has 1 spiro atoms. The average molecular weight is 519 g/mol. The molecule has 4 aliphatic carbocycles. The molecule has 4 nitrogen and oxygen atoms in total. The molecule has 2 heterocycles. The van der Waals surface area contributed by atoms with Crippen LogP contribution < -0.4 is 0 Å². The monoisotopic (exact) mass is 518 g/mol. The van der Waals surface area contributed by atoms with E-state index in [4.69, 9.17) is 18.9 Å². The Hall–Kier alpha value is -0.420. The number of unbranched alkanes of at least 4 members (excludes halogenated alkanes) is 1.